The number of amides is 1. The van der Waals surface area contributed by atoms with Gasteiger partial charge in [-0.05, 0) is 59.5 Å². The fraction of sp³-hybridized carbons (Fsp3) is 0.219. The van der Waals surface area contributed by atoms with Gasteiger partial charge in [0.25, 0.3) is 0 Å². The van der Waals surface area contributed by atoms with E-state index in [9.17, 15) is 17.6 Å². The number of carbonyl (C=O) groups excluding carboxylic acids is 1. The number of aromatic amines is 2. The molecule has 0 atom stereocenters. The second kappa shape index (κ2) is 10.9. The van der Waals surface area contributed by atoms with E-state index >= 15 is 0 Å². The van der Waals surface area contributed by atoms with Gasteiger partial charge in [-0.1, -0.05) is 26.8 Å². The lowest BCUT2D eigenvalue weighted by Crippen LogP contribution is -2.27. The standard InChI is InChI=1S/C32H30FN7O3S/c1-32(2,3)31(41)37-23-12-20(15-34-17-23)21-13-26-28(39-40-30(26)36-16-21)27-14-25-24(5-7-35-29(25)38-27)19-9-18(10-22(33)11-19)6-8-44(4,42)43/h5,7,9-17H,6,8H2,1-4H3,(H,35,38)(H,37,41)(H,36,39,40). The number of sulfone groups is 1. The zero-order valence-electron chi connectivity index (χ0n) is 24.6. The molecule has 6 aromatic rings. The Morgan fingerprint density at radius 3 is 2.52 bits per heavy atom. The Hall–Kier alpha value is -4.97. The van der Waals surface area contributed by atoms with Gasteiger partial charge in [0, 0.05) is 52.2 Å². The smallest absolute Gasteiger partial charge is 0.229 e. The largest absolute Gasteiger partial charge is 0.338 e. The van der Waals surface area contributed by atoms with E-state index in [1.165, 1.54) is 18.4 Å². The summed E-state index contributed by atoms with van der Waals surface area (Å²) in [5, 5.41) is 11.9. The summed E-state index contributed by atoms with van der Waals surface area (Å²) in [4.78, 5) is 29.2. The van der Waals surface area contributed by atoms with Gasteiger partial charge in [-0.2, -0.15) is 5.10 Å². The van der Waals surface area contributed by atoms with Crippen molar-refractivity contribution in [2.45, 2.75) is 27.2 Å². The third-order valence-electron chi connectivity index (χ3n) is 7.25. The molecule has 0 radical (unpaired) electrons. The third kappa shape index (κ3) is 6.06. The Balaban J connectivity index is 1.37. The van der Waals surface area contributed by atoms with E-state index in [-0.39, 0.29) is 18.1 Å². The van der Waals surface area contributed by atoms with Crippen LogP contribution in [0.25, 0.3) is 55.7 Å². The first-order valence-electron chi connectivity index (χ1n) is 13.9. The number of H-pyrrole nitrogens is 2. The summed E-state index contributed by atoms with van der Waals surface area (Å²) in [5.41, 5.74) is 6.08. The Morgan fingerprint density at radius 1 is 0.955 bits per heavy atom. The van der Waals surface area contributed by atoms with Gasteiger partial charge in [0.1, 0.15) is 21.3 Å². The molecule has 5 aromatic heterocycles. The van der Waals surface area contributed by atoms with Crippen molar-refractivity contribution in [1.82, 2.24) is 30.1 Å². The molecule has 0 saturated heterocycles. The van der Waals surface area contributed by atoms with Gasteiger partial charge in [-0.25, -0.2) is 22.8 Å². The molecule has 0 fully saturated rings. The Kier molecular flexibility index (Phi) is 7.24. The molecule has 0 unspecified atom stereocenters. The Morgan fingerprint density at radius 2 is 1.75 bits per heavy atom. The molecule has 3 N–H and O–H groups in total. The highest BCUT2D eigenvalue weighted by Crippen LogP contribution is 2.35. The predicted octanol–water partition coefficient (Wildman–Crippen LogP) is 5.94. The highest BCUT2D eigenvalue weighted by Gasteiger charge is 2.22. The van der Waals surface area contributed by atoms with Gasteiger partial charge in [-0.15, -0.1) is 0 Å². The summed E-state index contributed by atoms with van der Waals surface area (Å²) in [5.74, 6) is -0.621. The van der Waals surface area contributed by atoms with Crippen molar-refractivity contribution in [3.8, 4) is 33.6 Å². The van der Waals surface area contributed by atoms with Gasteiger partial charge < -0.3 is 10.3 Å². The molecule has 0 spiro atoms. The van der Waals surface area contributed by atoms with Crippen molar-refractivity contribution in [3.63, 3.8) is 0 Å². The van der Waals surface area contributed by atoms with Crippen molar-refractivity contribution < 1.29 is 17.6 Å². The summed E-state index contributed by atoms with van der Waals surface area (Å²) in [6.45, 7) is 5.54. The van der Waals surface area contributed by atoms with Crippen LogP contribution in [0.15, 0.2) is 67.3 Å². The molecule has 1 aromatic carbocycles. The maximum absolute atomic E-state index is 14.6. The summed E-state index contributed by atoms with van der Waals surface area (Å²) in [6.07, 6.45) is 8.03. The minimum absolute atomic E-state index is 0.0647. The van der Waals surface area contributed by atoms with Gasteiger partial charge in [0.05, 0.1) is 29.0 Å². The van der Waals surface area contributed by atoms with E-state index < -0.39 is 21.1 Å². The molecule has 0 aliphatic carbocycles. The monoisotopic (exact) mass is 611 g/mol. The number of pyridine rings is 3. The highest BCUT2D eigenvalue weighted by atomic mass is 32.2. The molecular formula is C32H30FN7O3S. The van der Waals surface area contributed by atoms with Crippen LogP contribution in [0.2, 0.25) is 0 Å². The average molecular weight is 612 g/mol. The van der Waals surface area contributed by atoms with Crippen LogP contribution in [0.1, 0.15) is 26.3 Å². The molecule has 224 valence electrons. The average Bonchev–Trinajstić information content (AvgIpc) is 3.59. The minimum atomic E-state index is -3.19. The lowest BCUT2D eigenvalue weighted by molar-refractivity contribution is -0.123. The fourth-order valence-corrected chi connectivity index (χ4v) is 5.52. The van der Waals surface area contributed by atoms with E-state index in [1.807, 2.05) is 45.0 Å². The Bertz CT molecular complexity index is 2160. The molecule has 10 nitrogen and oxygen atoms in total. The number of carbonyl (C=O) groups is 1. The summed E-state index contributed by atoms with van der Waals surface area (Å²) < 4.78 is 38.0. The van der Waals surface area contributed by atoms with Crippen molar-refractivity contribution in [3.05, 3.63) is 78.6 Å². The molecule has 0 saturated carbocycles. The Labute approximate surface area is 253 Å². The summed E-state index contributed by atoms with van der Waals surface area (Å²) >= 11 is 0. The second-order valence-corrected chi connectivity index (χ2v) is 14.2. The number of fused-ring (bicyclic) bond motifs is 2. The van der Waals surface area contributed by atoms with Crippen LogP contribution in [-0.4, -0.2) is 56.5 Å². The minimum Gasteiger partial charge on any atom is -0.338 e. The molecule has 5 heterocycles. The van der Waals surface area contributed by atoms with Crippen LogP contribution in [0.3, 0.4) is 0 Å². The summed E-state index contributed by atoms with van der Waals surface area (Å²) in [7, 11) is -3.19. The summed E-state index contributed by atoms with van der Waals surface area (Å²) in [6, 6.07) is 12.1. The number of halogens is 1. The number of anilines is 1. The molecule has 0 aliphatic heterocycles. The van der Waals surface area contributed by atoms with Crippen LogP contribution in [0.4, 0.5) is 10.1 Å². The maximum atomic E-state index is 14.6. The number of benzene rings is 1. The van der Waals surface area contributed by atoms with Crippen LogP contribution >= 0.6 is 0 Å². The molecule has 6 rings (SSSR count). The normalized spacial score (nSPS) is 12.2. The lowest BCUT2D eigenvalue weighted by Gasteiger charge is -2.17. The number of hydrogen-bond donors (Lipinski definition) is 3. The number of hydrogen-bond acceptors (Lipinski definition) is 7. The van der Waals surface area contributed by atoms with Crippen molar-refractivity contribution in [2.75, 3.05) is 17.3 Å². The first kappa shape index (κ1) is 29.1. The number of aromatic nitrogens is 6. The second-order valence-electron chi connectivity index (χ2n) is 11.9. The van der Waals surface area contributed by atoms with E-state index in [4.69, 9.17) is 0 Å². The zero-order chi connectivity index (χ0) is 31.2. The maximum Gasteiger partial charge on any atom is 0.229 e. The van der Waals surface area contributed by atoms with Crippen molar-refractivity contribution in [2.24, 2.45) is 5.41 Å². The van der Waals surface area contributed by atoms with Gasteiger partial charge in [-0.3, -0.25) is 14.9 Å². The zero-order valence-corrected chi connectivity index (χ0v) is 25.4. The highest BCUT2D eigenvalue weighted by molar-refractivity contribution is 7.90. The topological polar surface area (TPSA) is 146 Å². The van der Waals surface area contributed by atoms with Gasteiger partial charge >= 0.3 is 0 Å². The van der Waals surface area contributed by atoms with Gasteiger partial charge in [0.15, 0.2) is 5.65 Å². The molecule has 1 amide bonds. The molecule has 44 heavy (non-hydrogen) atoms. The predicted molar refractivity (Wildman–Crippen MR) is 169 cm³/mol. The number of rotatable bonds is 7. The fourth-order valence-electron chi connectivity index (χ4n) is 4.91. The number of nitrogens with zero attached hydrogens (tertiary/aromatic N) is 4. The van der Waals surface area contributed by atoms with Gasteiger partial charge in [0.2, 0.25) is 5.91 Å². The molecule has 0 aliphatic rings. The quantitative estimate of drug-likeness (QED) is 0.202. The SMILES string of the molecule is CC(C)(C)C(=O)Nc1cncc(-c2cnc3n[nH]c(-c4cc5c(-c6cc(F)cc(CCS(C)(=O)=O)c6)ccnc5[nH]4)c3c2)c1. The van der Waals surface area contributed by atoms with Crippen LogP contribution in [0, 0.1) is 11.2 Å². The third-order valence-corrected chi connectivity index (χ3v) is 8.20. The number of nitrogens with one attached hydrogen (secondary N) is 3. The first-order valence-corrected chi connectivity index (χ1v) is 16.0. The van der Waals surface area contributed by atoms with Crippen LogP contribution in [0.5, 0.6) is 0 Å². The van der Waals surface area contributed by atoms with E-state index in [2.05, 4.69) is 35.5 Å². The molecule has 0 bridgehead atoms. The van der Waals surface area contributed by atoms with Crippen LogP contribution in [-0.2, 0) is 21.1 Å². The molecule has 12 heteroatoms. The lowest BCUT2D eigenvalue weighted by atomic mass is 9.95. The first-order chi connectivity index (χ1) is 20.8. The van der Waals surface area contributed by atoms with Crippen LogP contribution < -0.4 is 5.32 Å². The molecular weight excluding hydrogens is 581 g/mol. The van der Waals surface area contributed by atoms with Crippen molar-refractivity contribution >= 4 is 43.5 Å². The van der Waals surface area contributed by atoms with E-state index in [1.54, 1.807) is 30.9 Å². The van der Waals surface area contributed by atoms with Crippen molar-refractivity contribution in [1.29, 1.82) is 0 Å². The van der Waals surface area contributed by atoms with E-state index in [0.29, 0.717) is 39.5 Å². The number of aryl methyl sites for hydroxylation is 1. The van der Waals surface area contributed by atoms with E-state index in [0.717, 1.165) is 27.5 Å².